The van der Waals surface area contributed by atoms with Gasteiger partial charge in [-0.05, 0) is 17.5 Å². The number of rotatable bonds is 2. The summed E-state index contributed by atoms with van der Waals surface area (Å²) in [5.41, 5.74) is -0.130. The number of alkyl halides is 1. The second kappa shape index (κ2) is 4.88. The van der Waals surface area contributed by atoms with Gasteiger partial charge in [0.05, 0.1) is 10.4 Å². The van der Waals surface area contributed by atoms with Crippen LogP contribution in [0.1, 0.15) is 15.8 Å². The predicted molar refractivity (Wildman–Crippen MR) is 63.3 cm³/mol. The second-order valence-electron chi connectivity index (χ2n) is 3.26. The van der Waals surface area contributed by atoms with Crippen molar-refractivity contribution in [2.75, 3.05) is 0 Å². The van der Waals surface area contributed by atoms with E-state index in [2.05, 4.69) is 0 Å². The smallest absolute Gasteiger partial charge is 0.194 e. The Morgan fingerprint density at radius 1 is 1.06 bits per heavy atom. The summed E-state index contributed by atoms with van der Waals surface area (Å²) in [6.07, 6.45) is 0. The SMILES string of the molecule is Fc1ccc(C(Cl)c2sccc2Cl)c(F)c1F. The van der Waals surface area contributed by atoms with Gasteiger partial charge in [0, 0.05) is 10.4 Å². The number of thiophene rings is 1. The maximum atomic E-state index is 13.5. The molecule has 2 aromatic rings. The molecule has 1 atom stereocenters. The van der Waals surface area contributed by atoms with Crippen LogP contribution in [-0.4, -0.2) is 0 Å². The van der Waals surface area contributed by atoms with Crippen LogP contribution >= 0.6 is 34.5 Å². The monoisotopic (exact) mass is 296 g/mol. The zero-order valence-electron chi connectivity index (χ0n) is 8.18. The molecule has 0 radical (unpaired) electrons. The van der Waals surface area contributed by atoms with E-state index in [1.54, 1.807) is 11.4 Å². The molecular formula is C11H5Cl2F3S. The molecule has 0 amide bonds. The average Bonchev–Trinajstić information content (AvgIpc) is 2.72. The van der Waals surface area contributed by atoms with E-state index in [1.807, 2.05) is 0 Å². The van der Waals surface area contributed by atoms with Crippen LogP contribution in [0.5, 0.6) is 0 Å². The third-order valence-electron chi connectivity index (χ3n) is 2.21. The summed E-state index contributed by atoms with van der Waals surface area (Å²) in [4.78, 5) is 0.498. The minimum absolute atomic E-state index is 0.130. The van der Waals surface area contributed by atoms with Crippen molar-refractivity contribution in [2.24, 2.45) is 0 Å². The van der Waals surface area contributed by atoms with E-state index in [1.165, 1.54) is 11.3 Å². The zero-order valence-corrected chi connectivity index (χ0v) is 10.5. The van der Waals surface area contributed by atoms with Crippen LogP contribution in [0.2, 0.25) is 5.02 Å². The van der Waals surface area contributed by atoms with Crippen molar-refractivity contribution >= 4 is 34.5 Å². The van der Waals surface area contributed by atoms with Crippen molar-refractivity contribution in [3.05, 3.63) is 56.5 Å². The molecule has 0 aliphatic rings. The molecule has 0 fully saturated rings. The van der Waals surface area contributed by atoms with Crippen molar-refractivity contribution in [2.45, 2.75) is 5.38 Å². The van der Waals surface area contributed by atoms with E-state index in [9.17, 15) is 13.2 Å². The molecule has 0 saturated carbocycles. The average molecular weight is 297 g/mol. The maximum Gasteiger partial charge on any atom is 0.194 e. The van der Waals surface area contributed by atoms with Gasteiger partial charge in [-0.15, -0.1) is 22.9 Å². The molecule has 0 spiro atoms. The molecule has 0 N–H and O–H groups in total. The highest BCUT2D eigenvalue weighted by Gasteiger charge is 2.22. The van der Waals surface area contributed by atoms with Crippen LogP contribution in [0.15, 0.2) is 23.6 Å². The summed E-state index contributed by atoms with van der Waals surface area (Å²) < 4.78 is 39.3. The molecule has 17 heavy (non-hydrogen) atoms. The van der Waals surface area contributed by atoms with E-state index in [-0.39, 0.29) is 5.56 Å². The molecule has 6 heteroatoms. The Bertz CT molecular complexity index is 554. The van der Waals surface area contributed by atoms with Gasteiger partial charge in [0.15, 0.2) is 17.5 Å². The van der Waals surface area contributed by atoms with Gasteiger partial charge in [0.1, 0.15) is 0 Å². The minimum Gasteiger partial charge on any atom is -0.204 e. The highest BCUT2D eigenvalue weighted by Crippen LogP contribution is 2.38. The normalized spacial score (nSPS) is 12.8. The third-order valence-corrected chi connectivity index (χ3v) is 4.22. The van der Waals surface area contributed by atoms with Crippen LogP contribution in [0.3, 0.4) is 0 Å². The van der Waals surface area contributed by atoms with E-state index in [0.29, 0.717) is 9.90 Å². The fraction of sp³-hybridized carbons (Fsp3) is 0.0909. The number of hydrogen-bond acceptors (Lipinski definition) is 1. The van der Waals surface area contributed by atoms with Gasteiger partial charge < -0.3 is 0 Å². The van der Waals surface area contributed by atoms with Gasteiger partial charge in [0.2, 0.25) is 0 Å². The van der Waals surface area contributed by atoms with Crippen molar-refractivity contribution in [1.29, 1.82) is 0 Å². The molecule has 0 aliphatic carbocycles. The fourth-order valence-corrected chi connectivity index (χ4v) is 3.02. The van der Waals surface area contributed by atoms with Crippen LogP contribution < -0.4 is 0 Å². The van der Waals surface area contributed by atoms with Gasteiger partial charge in [-0.2, -0.15) is 0 Å². The molecule has 2 rings (SSSR count). The lowest BCUT2D eigenvalue weighted by atomic mass is 10.1. The summed E-state index contributed by atoms with van der Waals surface area (Å²) in [5, 5.41) is 1.13. The largest absolute Gasteiger partial charge is 0.204 e. The standard InChI is InChI=1S/C11H5Cl2F3S/c12-6-3-4-17-11(6)8(13)5-1-2-7(14)10(16)9(5)15/h1-4,8H. The van der Waals surface area contributed by atoms with Gasteiger partial charge in [0.25, 0.3) is 0 Å². The lowest BCUT2D eigenvalue weighted by molar-refractivity contribution is 0.441. The van der Waals surface area contributed by atoms with Crippen LogP contribution in [0.25, 0.3) is 0 Å². The van der Waals surface area contributed by atoms with Crippen molar-refractivity contribution in [1.82, 2.24) is 0 Å². The summed E-state index contributed by atoms with van der Waals surface area (Å²) in [6.45, 7) is 0. The molecule has 0 nitrogen and oxygen atoms in total. The highest BCUT2D eigenvalue weighted by atomic mass is 35.5. The molecular weight excluding hydrogens is 292 g/mol. The van der Waals surface area contributed by atoms with Crippen LogP contribution in [-0.2, 0) is 0 Å². The van der Waals surface area contributed by atoms with Crippen molar-refractivity contribution in [3.8, 4) is 0 Å². The van der Waals surface area contributed by atoms with Crippen molar-refractivity contribution < 1.29 is 13.2 Å². The maximum absolute atomic E-state index is 13.5. The fourth-order valence-electron chi connectivity index (χ4n) is 1.36. The Labute approximate surface area is 110 Å². The summed E-state index contributed by atoms with van der Waals surface area (Å²) >= 11 is 13.1. The van der Waals surface area contributed by atoms with Gasteiger partial charge in [-0.3, -0.25) is 0 Å². The quantitative estimate of drug-likeness (QED) is 0.531. The Hall–Kier alpha value is -0.710. The molecule has 1 aromatic heterocycles. The lowest BCUT2D eigenvalue weighted by Crippen LogP contribution is -2.00. The Kier molecular flexibility index (Phi) is 3.66. The topological polar surface area (TPSA) is 0 Å². The first-order chi connectivity index (χ1) is 8.02. The predicted octanol–water partition coefficient (Wildman–Crippen LogP) is 5.15. The minimum atomic E-state index is -1.53. The summed E-state index contributed by atoms with van der Waals surface area (Å²) in [6, 6.07) is 3.56. The Morgan fingerprint density at radius 3 is 2.35 bits per heavy atom. The molecule has 0 saturated heterocycles. The lowest BCUT2D eigenvalue weighted by Gasteiger charge is -2.10. The second-order valence-corrected chi connectivity index (χ2v) is 5.05. The number of benzene rings is 1. The van der Waals surface area contributed by atoms with E-state index in [0.717, 1.165) is 12.1 Å². The van der Waals surface area contributed by atoms with Crippen molar-refractivity contribution in [3.63, 3.8) is 0 Å². The number of halogens is 5. The molecule has 0 aliphatic heterocycles. The van der Waals surface area contributed by atoms with Crippen LogP contribution in [0, 0.1) is 17.5 Å². The first kappa shape index (κ1) is 12.7. The van der Waals surface area contributed by atoms with E-state index < -0.39 is 22.8 Å². The highest BCUT2D eigenvalue weighted by molar-refractivity contribution is 7.11. The molecule has 1 heterocycles. The zero-order chi connectivity index (χ0) is 12.6. The first-order valence-electron chi connectivity index (χ1n) is 4.52. The third kappa shape index (κ3) is 2.30. The van der Waals surface area contributed by atoms with Gasteiger partial charge >= 0.3 is 0 Å². The molecule has 0 bridgehead atoms. The number of hydrogen-bond donors (Lipinski definition) is 0. The Morgan fingerprint density at radius 2 is 1.76 bits per heavy atom. The van der Waals surface area contributed by atoms with E-state index >= 15 is 0 Å². The molecule has 1 unspecified atom stereocenters. The molecule has 1 aromatic carbocycles. The molecule has 90 valence electrons. The Balaban J connectivity index is 2.48. The summed E-state index contributed by atoms with van der Waals surface area (Å²) in [7, 11) is 0. The van der Waals surface area contributed by atoms with Gasteiger partial charge in [-0.25, -0.2) is 13.2 Å². The first-order valence-corrected chi connectivity index (χ1v) is 6.22. The van der Waals surface area contributed by atoms with Gasteiger partial charge in [-0.1, -0.05) is 17.7 Å². The van der Waals surface area contributed by atoms with E-state index in [4.69, 9.17) is 23.2 Å². The summed E-state index contributed by atoms with van der Waals surface area (Å²) in [5.74, 6) is -4.05. The van der Waals surface area contributed by atoms with Crippen LogP contribution in [0.4, 0.5) is 13.2 Å².